The highest BCUT2D eigenvalue weighted by atomic mass is 19.0. The lowest BCUT2D eigenvalue weighted by atomic mass is 10.1. The Morgan fingerprint density at radius 1 is 0.558 bits per heavy atom. The van der Waals surface area contributed by atoms with Gasteiger partial charge < -0.3 is 29.8 Å². The normalized spacial score (nSPS) is 11.2. The first-order valence-corrected chi connectivity index (χ1v) is 19.3. The van der Waals surface area contributed by atoms with Crippen molar-refractivity contribution in [2.75, 3.05) is 36.8 Å². The SMILES string of the molecule is CCCC[N+](CCCC)(CCCC)CCCC.Cc1[nH]c2c(NC(=O)c3cccc(C(=O)Nc4cccc5c(C)c(C)[nH]c45)c3)cccc2c1C.[F-]. The Kier molecular flexibility index (Phi) is 16.1. The average Bonchev–Trinajstić information content (AvgIpc) is 3.61. The molecule has 0 fully saturated rings. The summed E-state index contributed by atoms with van der Waals surface area (Å²) in [5.41, 5.74) is 8.48. The summed E-state index contributed by atoms with van der Waals surface area (Å²) in [7, 11) is 0. The highest BCUT2D eigenvalue weighted by Crippen LogP contribution is 2.29. The van der Waals surface area contributed by atoms with Gasteiger partial charge in [0.05, 0.1) is 48.6 Å². The predicted octanol–water partition coefficient (Wildman–Crippen LogP) is 8.40. The Morgan fingerprint density at radius 2 is 0.904 bits per heavy atom. The number of hydrogen-bond donors (Lipinski definition) is 4. The number of amides is 2. The van der Waals surface area contributed by atoms with Crippen molar-refractivity contribution in [2.24, 2.45) is 0 Å². The van der Waals surface area contributed by atoms with Gasteiger partial charge in [0.25, 0.3) is 11.8 Å². The van der Waals surface area contributed by atoms with Crippen molar-refractivity contribution in [1.29, 1.82) is 0 Å². The lowest BCUT2D eigenvalue weighted by molar-refractivity contribution is -0.929. The van der Waals surface area contributed by atoms with E-state index >= 15 is 0 Å². The van der Waals surface area contributed by atoms with E-state index in [4.69, 9.17) is 0 Å². The van der Waals surface area contributed by atoms with E-state index in [2.05, 4.69) is 62.1 Å². The minimum atomic E-state index is -0.273. The van der Waals surface area contributed by atoms with E-state index in [1.54, 1.807) is 24.3 Å². The third-order valence-corrected chi connectivity index (χ3v) is 10.5. The number of H-pyrrole nitrogens is 2. The number of unbranched alkanes of at least 4 members (excludes halogenated alkanes) is 4. The van der Waals surface area contributed by atoms with Crippen molar-refractivity contribution in [3.8, 4) is 0 Å². The molecule has 0 saturated heterocycles. The van der Waals surface area contributed by atoms with Gasteiger partial charge >= 0.3 is 0 Å². The molecule has 7 nitrogen and oxygen atoms in total. The molecule has 3 aromatic carbocycles. The van der Waals surface area contributed by atoms with Gasteiger partial charge in [-0.2, -0.15) is 0 Å². The number of halogens is 1. The highest BCUT2D eigenvalue weighted by molar-refractivity contribution is 6.12. The molecule has 0 aliphatic rings. The standard InChI is InChI=1S/C28H26N4O2.C16H36N.FH/c1-15-17(3)29-25-21(15)10-6-12-23(25)31-27(33)19-8-5-9-20(14-19)28(34)32-24-13-7-11-22-16(2)18(4)30-26(22)24;1-5-9-13-17(14-10-6-2,15-11-7-3)16-12-8-4;/h5-14,29-30H,1-4H3,(H,31,33)(H,32,34);5-16H2,1-4H3;1H/q;+1;/p-1. The number of quaternary nitrogens is 1. The largest absolute Gasteiger partial charge is 1.00 e. The fraction of sp³-hybridized carbons (Fsp3) is 0.455. The van der Waals surface area contributed by atoms with Crippen molar-refractivity contribution < 1.29 is 18.8 Å². The lowest BCUT2D eigenvalue weighted by Gasteiger charge is -2.39. The van der Waals surface area contributed by atoms with Gasteiger partial charge in [0, 0.05) is 33.3 Å². The van der Waals surface area contributed by atoms with Crippen molar-refractivity contribution >= 4 is 45.0 Å². The number of aromatic amines is 2. The predicted molar refractivity (Wildman–Crippen MR) is 217 cm³/mol. The molecule has 282 valence electrons. The maximum Gasteiger partial charge on any atom is 0.255 e. The Morgan fingerprint density at radius 3 is 1.25 bits per heavy atom. The number of rotatable bonds is 16. The summed E-state index contributed by atoms with van der Waals surface area (Å²) in [6.45, 7) is 23.2. The number of nitrogens with one attached hydrogen (secondary N) is 4. The molecule has 0 radical (unpaired) electrons. The van der Waals surface area contributed by atoms with Crippen LogP contribution >= 0.6 is 0 Å². The fourth-order valence-corrected chi connectivity index (χ4v) is 7.01. The van der Waals surface area contributed by atoms with Gasteiger partial charge in [0.2, 0.25) is 0 Å². The number of para-hydroxylation sites is 2. The first kappa shape index (κ1) is 42.0. The maximum absolute atomic E-state index is 13.0. The highest BCUT2D eigenvalue weighted by Gasteiger charge is 2.24. The van der Waals surface area contributed by atoms with E-state index in [0.717, 1.165) is 44.3 Å². The molecule has 52 heavy (non-hydrogen) atoms. The van der Waals surface area contributed by atoms with Gasteiger partial charge in [-0.3, -0.25) is 9.59 Å². The number of fused-ring (bicyclic) bond motifs is 2. The number of nitrogens with zero attached hydrogens (tertiary/aromatic N) is 1. The zero-order valence-corrected chi connectivity index (χ0v) is 32.9. The van der Waals surface area contributed by atoms with Crippen molar-refractivity contribution in [2.45, 2.75) is 107 Å². The Hall–Kier alpha value is -4.43. The van der Waals surface area contributed by atoms with E-state index in [-0.39, 0.29) is 16.5 Å². The van der Waals surface area contributed by atoms with Gasteiger partial charge in [0.15, 0.2) is 0 Å². The summed E-state index contributed by atoms with van der Waals surface area (Å²) in [6.07, 6.45) is 11.1. The zero-order chi connectivity index (χ0) is 37.0. The van der Waals surface area contributed by atoms with Crippen LogP contribution in [-0.4, -0.2) is 52.4 Å². The average molecular weight is 712 g/mol. The van der Waals surface area contributed by atoms with Crippen LogP contribution in [0.2, 0.25) is 0 Å². The second kappa shape index (κ2) is 20.0. The molecule has 2 heterocycles. The summed E-state index contributed by atoms with van der Waals surface area (Å²) in [4.78, 5) is 32.8. The zero-order valence-electron chi connectivity index (χ0n) is 32.9. The van der Waals surface area contributed by atoms with E-state index in [0.29, 0.717) is 22.5 Å². The summed E-state index contributed by atoms with van der Waals surface area (Å²) in [6, 6.07) is 18.4. The molecule has 2 aromatic heterocycles. The number of aryl methyl sites for hydroxylation is 4. The molecule has 2 amide bonds. The topological polar surface area (TPSA) is 89.8 Å². The molecule has 0 aliphatic carbocycles. The number of carbonyl (C=O) groups is 2. The molecule has 5 rings (SSSR count). The molecule has 0 saturated carbocycles. The summed E-state index contributed by atoms with van der Waals surface area (Å²) >= 11 is 0. The maximum atomic E-state index is 13.0. The van der Waals surface area contributed by atoms with Gasteiger partial charge in [0.1, 0.15) is 0 Å². The number of anilines is 2. The number of hydrogen-bond acceptors (Lipinski definition) is 2. The van der Waals surface area contributed by atoms with E-state index in [1.165, 1.54) is 82.0 Å². The van der Waals surface area contributed by atoms with Crippen molar-refractivity contribution in [1.82, 2.24) is 9.97 Å². The molecule has 8 heteroatoms. The molecule has 0 aliphatic heterocycles. The number of carbonyl (C=O) groups excluding carboxylic acids is 2. The Balaban J connectivity index is 0.000000347. The summed E-state index contributed by atoms with van der Waals surface area (Å²) < 4.78 is 1.42. The van der Waals surface area contributed by atoms with Crippen molar-refractivity contribution in [3.05, 3.63) is 94.3 Å². The van der Waals surface area contributed by atoms with E-state index < -0.39 is 0 Å². The van der Waals surface area contributed by atoms with Gasteiger partial charge in [-0.05, 0) is 94.8 Å². The molecule has 4 N–H and O–H groups in total. The van der Waals surface area contributed by atoms with Crippen LogP contribution in [0.4, 0.5) is 11.4 Å². The van der Waals surface area contributed by atoms with Gasteiger partial charge in [-0.1, -0.05) is 83.7 Å². The van der Waals surface area contributed by atoms with Crippen molar-refractivity contribution in [3.63, 3.8) is 0 Å². The Labute approximate surface area is 310 Å². The molecule has 0 unspecified atom stereocenters. The molecule has 0 spiro atoms. The van der Waals surface area contributed by atoms with Gasteiger partial charge in [-0.15, -0.1) is 0 Å². The lowest BCUT2D eigenvalue weighted by Crippen LogP contribution is -3.00. The monoisotopic (exact) mass is 711 g/mol. The smallest absolute Gasteiger partial charge is 0.255 e. The molecule has 0 atom stereocenters. The molecule has 5 aromatic rings. The van der Waals surface area contributed by atoms with Crippen LogP contribution in [0.5, 0.6) is 0 Å². The number of aromatic nitrogens is 2. The first-order valence-electron chi connectivity index (χ1n) is 19.3. The quantitative estimate of drug-likeness (QED) is 0.0775. The van der Waals surface area contributed by atoms with Crippen LogP contribution in [0.1, 0.15) is 122 Å². The van der Waals surface area contributed by atoms with Crippen LogP contribution in [0.25, 0.3) is 21.8 Å². The summed E-state index contributed by atoms with van der Waals surface area (Å²) in [5.74, 6) is -0.547. The van der Waals surface area contributed by atoms with Crippen LogP contribution < -0.4 is 15.3 Å². The van der Waals surface area contributed by atoms with E-state index in [9.17, 15) is 9.59 Å². The molecular weight excluding hydrogens is 650 g/mol. The van der Waals surface area contributed by atoms with Crippen LogP contribution in [-0.2, 0) is 0 Å². The van der Waals surface area contributed by atoms with Crippen LogP contribution in [0.3, 0.4) is 0 Å². The minimum Gasteiger partial charge on any atom is -1.00 e. The number of benzene rings is 3. The first-order chi connectivity index (χ1) is 24.6. The minimum absolute atomic E-state index is 0. The third kappa shape index (κ3) is 10.3. The van der Waals surface area contributed by atoms with Gasteiger partial charge in [-0.25, -0.2) is 0 Å². The summed E-state index contributed by atoms with van der Waals surface area (Å²) in [5, 5.41) is 8.12. The second-order valence-electron chi connectivity index (χ2n) is 14.3. The molecular formula is C44H62FN5O2. The Bertz CT molecular complexity index is 1750. The van der Waals surface area contributed by atoms with Crippen LogP contribution in [0, 0.1) is 27.7 Å². The third-order valence-electron chi connectivity index (χ3n) is 10.5. The van der Waals surface area contributed by atoms with Crippen LogP contribution in [0.15, 0.2) is 60.7 Å². The molecule has 0 bridgehead atoms. The fourth-order valence-electron chi connectivity index (χ4n) is 7.01. The second-order valence-corrected chi connectivity index (χ2v) is 14.3. The van der Waals surface area contributed by atoms with E-state index in [1.807, 2.05) is 50.2 Å².